The van der Waals surface area contributed by atoms with Gasteiger partial charge in [-0.25, -0.2) is 5.01 Å². The minimum atomic E-state index is 0.223. The lowest BCUT2D eigenvalue weighted by molar-refractivity contribution is 0.121. The van der Waals surface area contributed by atoms with E-state index in [1.165, 1.54) is 24.1 Å². The number of nitrogens with zero attached hydrogens (tertiary/aromatic N) is 2. The minimum Gasteiger partial charge on any atom is -0.490 e. The molecule has 0 saturated heterocycles. The van der Waals surface area contributed by atoms with Gasteiger partial charge in [-0.15, -0.1) is 0 Å². The molecule has 5 heteroatoms. The maximum absolute atomic E-state index is 6.10. The van der Waals surface area contributed by atoms with Crippen molar-refractivity contribution in [1.29, 1.82) is 0 Å². The quantitative estimate of drug-likeness (QED) is 0.856. The van der Waals surface area contributed by atoms with Crippen molar-refractivity contribution >= 4 is 5.69 Å². The first-order chi connectivity index (χ1) is 11.7. The van der Waals surface area contributed by atoms with Gasteiger partial charge in [-0.1, -0.05) is 0 Å². The summed E-state index contributed by atoms with van der Waals surface area (Å²) in [4.78, 5) is 2.49. The van der Waals surface area contributed by atoms with E-state index in [9.17, 15) is 0 Å². The highest BCUT2D eigenvalue weighted by atomic mass is 16.5. The lowest BCUT2D eigenvalue weighted by Gasteiger charge is -2.36. The van der Waals surface area contributed by atoms with Crippen molar-refractivity contribution in [3.05, 3.63) is 22.8 Å². The zero-order chi connectivity index (χ0) is 16.7. The molecule has 4 rings (SSSR count). The summed E-state index contributed by atoms with van der Waals surface area (Å²) in [6.07, 6.45) is 4.92. The highest BCUT2D eigenvalue weighted by molar-refractivity contribution is 5.71. The van der Waals surface area contributed by atoms with Crippen LogP contribution in [0, 0.1) is 0 Å². The number of ether oxygens (including phenoxy) is 2. The number of hydrogen-bond acceptors (Lipinski definition) is 5. The van der Waals surface area contributed by atoms with E-state index in [-0.39, 0.29) is 6.10 Å². The smallest absolute Gasteiger partial charge is 0.143 e. The van der Waals surface area contributed by atoms with E-state index in [1.807, 2.05) is 5.01 Å². The molecule has 132 valence electrons. The number of anilines is 1. The van der Waals surface area contributed by atoms with E-state index in [2.05, 4.69) is 17.9 Å². The third kappa shape index (κ3) is 3.01. The van der Waals surface area contributed by atoms with Gasteiger partial charge < -0.3 is 14.4 Å². The largest absolute Gasteiger partial charge is 0.490 e. The van der Waals surface area contributed by atoms with Crippen molar-refractivity contribution in [2.24, 2.45) is 5.84 Å². The molecule has 1 aromatic carbocycles. The molecule has 1 saturated carbocycles. The molecule has 3 aliphatic rings. The third-order valence-corrected chi connectivity index (χ3v) is 5.62. The van der Waals surface area contributed by atoms with Gasteiger partial charge in [0.05, 0.1) is 18.3 Å². The van der Waals surface area contributed by atoms with E-state index in [0.717, 1.165) is 51.4 Å². The predicted molar refractivity (Wildman–Crippen MR) is 95.8 cm³/mol. The van der Waals surface area contributed by atoms with Gasteiger partial charge in [0.2, 0.25) is 0 Å². The summed E-state index contributed by atoms with van der Waals surface area (Å²) in [6.45, 7) is 6.65. The van der Waals surface area contributed by atoms with E-state index in [1.54, 1.807) is 18.2 Å². The van der Waals surface area contributed by atoms with Crippen molar-refractivity contribution < 1.29 is 9.47 Å². The Hall–Kier alpha value is -1.30. The molecule has 0 unspecified atom stereocenters. The van der Waals surface area contributed by atoms with Gasteiger partial charge in [0.1, 0.15) is 12.4 Å². The Labute approximate surface area is 144 Å². The molecule has 2 heterocycles. The summed E-state index contributed by atoms with van der Waals surface area (Å²) in [7, 11) is 1.79. The second kappa shape index (κ2) is 6.54. The van der Waals surface area contributed by atoms with Crippen LogP contribution in [-0.2, 0) is 17.6 Å². The minimum absolute atomic E-state index is 0.223. The number of rotatable bonds is 4. The Balaban J connectivity index is 1.78. The van der Waals surface area contributed by atoms with Crippen LogP contribution in [0.25, 0.3) is 0 Å². The molecule has 1 aliphatic carbocycles. The number of hydrogen-bond donors (Lipinski definition) is 1. The first-order valence-electron chi connectivity index (χ1n) is 9.26. The van der Waals surface area contributed by atoms with Gasteiger partial charge in [-0.3, -0.25) is 5.84 Å². The maximum atomic E-state index is 6.10. The molecule has 1 aromatic rings. The topological polar surface area (TPSA) is 51.0 Å². The Kier molecular flexibility index (Phi) is 4.41. The summed E-state index contributed by atoms with van der Waals surface area (Å²) in [5.74, 6) is 7.88. The summed E-state index contributed by atoms with van der Waals surface area (Å²) < 4.78 is 11.6. The van der Waals surface area contributed by atoms with Crippen LogP contribution in [-0.4, -0.2) is 51.0 Å². The molecule has 24 heavy (non-hydrogen) atoms. The average molecular weight is 331 g/mol. The summed E-state index contributed by atoms with van der Waals surface area (Å²) in [5.41, 5.74) is 5.90. The fraction of sp³-hybridized carbons (Fsp3) is 0.684. The van der Waals surface area contributed by atoms with Crippen LogP contribution in [0.1, 0.15) is 42.4 Å². The van der Waals surface area contributed by atoms with Crippen molar-refractivity contribution in [2.45, 2.75) is 44.6 Å². The van der Waals surface area contributed by atoms with Gasteiger partial charge >= 0.3 is 0 Å². The highest BCUT2D eigenvalue weighted by Crippen LogP contribution is 2.51. The van der Waals surface area contributed by atoms with Crippen molar-refractivity contribution in [2.75, 3.05) is 44.8 Å². The predicted octanol–water partition coefficient (Wildman–Crippen LogP) is 2.07. The third-order valence-electron chi connectivity index (χ3n) is 5.62. The van der Waals surface area contributed by atoms with Gasteiger partial charge in [0.25, 0.3) is 0 Å². The Morgan fingerprint density at radius 2 is 2.08 bits per heavy atom. The standard InChI is InChI=1S/C19H29N3O2/c1-13(23-2)12-21-9-10-24-17-11-15-5-7-22(20)8-6-16(15)18(19(17)21)14-3-4-14/h11,13-14H,3-10,12,20H2,1-2H3/t13-/m1/s1. The monoisotopic (exact) mass is 331 g/mol. The summed E-state index contributed by atoms with van der Waals surface area (Å²) >= 11 is 0. The average Bonchev–Trinajstić information content (AvgIpc) is 3.42. The second-order valence-electron chi connectivity index (χ2n) is 7.43. The van der Waals surface area contributed by atoms with Crippen LogP contribution in [0.15, 0.2) is 6.07 Å². The zero-order valence-corrected chi connectivity index (χ0v) is 14.9. The lowest BCUT2D eigenvalue weighted by Crippen LogP contribution is -2.39. The molecule has 5 nitrogen and oxygen atoms in total. The normalized spacial score (nSPS) is 22.4. The fourth-order valence-corrected chi connectivity index (χ4v) is 4.10. The van der Waals surface area contributed by atoms with Gasteiger partial charge in [-0.2, -0.15) is 0 Å². The van der Waals surface area contributed by atoms with Crippen molar-refractivity contribution in [3.8, 4) is 5.75 Å². The molecule has 0 aromatic heterocycles. The Bertz CT molecular complexity index is 615. The SMILES string of the molecule is CO[C@H](C)CN1CCOc2cc3c(c(C4CC4)c21)CCN(N)CC3. The van der Waals surface area contributed by atoms with Crippen LogP contribution >= 0.6 is 0 Å². The number of methoxy groups -OCH3 is 1. The molecule has 0 radical (unpaired) electrons. The number of benzene rings is 1. The van der Waals surface area contributed by atoms with Crippen LogP contribution in [0.4, 0.5) is 5.69 Å². The van der Waals surface area contributed by atoms with Crippen LogP contribution in [0.3, 0.4) is 0 Å². The van der Waals surface area contributed by atoms with Gasteiger partial charge in [0.15, 0.2) is 0 Å². The van der Waals surface area contributed by atoms with Gasteiger partial charge in [0, 0.05) is 26.7 Å². The molecule has 0 amide bonds. The Morgan fingerprint density at radius 1 is 1.29 bits per heavy atom. The van der Waals surface area contributed by atoms with Crippen LogP contribution < -0.4 is 15.5 Å². The van der Waals surface area contributed by atoms with Crippen molar-refractivity contribution in [3.63, 3.8) is 0 Å². The molecular weight excluding hydrogens is 302 g/mol. The molecule has 2 aliphatic heterocycles. The summed E-state index contributed by atoms with van der Waals surface area (Å²) in [6, 6.07) is 2.29. The highest BCUT2D eigenvalue weighted by Gasteiger charge is 2.35. The van der Waals surface area contributed by atoms with Crippen molar-refractivity contribution in [1.82, 2.24) is 5.01 Å². The second-order valence-corrected chi connectivity index (χ2v) is 7.43. The van der Waals surface area contributed by atoms with E-state index < -0.39 is 0 Å². The Morgan fingerprint density at radius 3 is 2.83 bits per heavy atom. The van der Waals surface area contributed by atoms with E-state index in [0.29, 0.717) is 5.92 Å². The fourth-order valence-electron chi connectivity index (χ4n) is 4.10. The number of nitrogens with two attached hydrogens (primary N) is 1. The number of hydrazine groups is 1. The van der Waals surface area contributed by atoms with E-state index >= 15 is 0 Å². The molecule has 2 N–H and O–H groups in total. The van der Waals surface area contributed by atoms with E-state index in [4.69, 9.17) is 15.3 Å². The maximum Gasteiger partial charge on any atom is 0.143 e. The first kappa shape index (κ1) is 16.2. The molecule has 0 spiro atoms. The lowest BCUT2D eigenvalue weighted by atomic mass is 9.91. The summed E-state index contributed by atoms with van der Waals surface area (Å²) in [5, 5.41) is 1.96. The zero-order valence-electron chi connectivity index (χ0n) is 14.9. The first-order valence-corrected chi connectivity index (χ1v) is 9.26. The molecule has 1 fully saturated rings. The molecule has 1 atom stereocenters. The molecule has 0 bridgehead atoms. The molecular formula is C19H29N3O2. The van der Waals surface area contributed by atoms with Crippen LogP contribution in [0.5, 0.6) is 5.75 Å². The van der Waals surface area contributed by atoms with Crippen LogP contribution in [0.2, 0.25) is 0 Å². The van der Waals surface area contributed by atoms with Gasteiger partial charge in [-0.05, 0) is 61.3 Å². The number of fused-ring (bicyclic) bond motifs is 2.